The van der Waals surface area contributed by atoms with Crippen LogP contribution in [0.3, 0.4) is 0 Å². The van der Waals surface area contributed by atoms with Crippen LogP contribution in [-0.4, -0.2) is 19.3 Å². The van der Waals surface area contributed by atoms with Crippen LogP contribution in [0, 0.1) is 0 Å². The summed E-state index contributed by atoms with van der Waals surface area (Å²) in [6.45, 7) is 3.41. The van der Waals surface area contributed by atoms with Crippen LogP contribution < -0.4 is 11.2 Å². The Balaban J connectivity index is 3.52. The maximum Gasteiger partial charge on any atom is 0.135 e. The molecule has 8 heavy (non-hydrogen) atoms. The minimum absolute atomic E-state index is 0.329. The van der Waals surface area contributed by atoms with E-state index in [2.05, 4.69) is 16.8 Å². The number of rotatable bonds is 3. The summed E-state index contributed by atoms with van der Waals surface area (Å²) in [5.41, 5.74) is 7.84. The van der Waals surface area contributed by atoms with Gasteiger partial charge in [-0.1, -0.05) is 6.58 Å². The average molecular weight is 117 g/mol. The lowest BCUT2D eigenvalue weighted by Gasteiger charge is -2.17. The van der Waals surface area contributed by atoms with Gasteiger partial charge in [-0.2, -0.15) is 5.17 Å². The highest BCUT2D eigenvalue weighted by molar-refractivity contribution is 4.78. The first-order chi connectivity index (χ1) is 3.72. The maximum atomic E-state index is 5.20. The van der Waals surface area contributed by atoms with Crippen molar-refractivity contribution in [1.29, 1.82) is 0 Å². The fourth-order valence-corrected chi connectivity index (χ4v) is 0.352. The lowest BCUT2D eigenvalue weighted by Crippen LogP contribution is -2.35. The molecule has 0 aliphatic rings. The summed E-state index contributed by atoms with van der Waals surface area (Å²) in [5.74, 6) is 0.329. The first kappa shape index (κ1) is 7.26. The van der Waals surface area contributed by atoms with E-state index in [0.29, 0.717) is 5.82 Å². The predicted molar refractivity (Wildman–Crippen MR) is 31.2 cm³/mol. The molecule has 0 saturated carbocycles. The monoisotopic (exact) mass is 117 g/mol. The van der Waals surface area contributed by atoms with Gasteiger partial charge < -0.3 is 5.73 Å². The molecular weight excluding hydrogens is 106 g/mol. The normalized spacial score (nSPS) is 8.75. The lowest BCUT2D eigenvalue weighted by atomic mass is 10.9. The van der Waals surface area contributed by atoms with E-state index in [-0.39, 0.29) is 0 Å². The first-order valence-electron chi connectivity index (χ1n) is 2.18. The summed E-state index contributed by atoms with van der Waals surface area (Å²) >= 11 is 0. The number of hydrogen-bond acceptors (Lipinski definition) is 4. The Morgan fingerprint density at radius 1 is 1.88 bits per heavy atom. The molecule has 3 N–H and O–H groups in total. The molecule has 0 aliphatic carbocycles. The van der Waals surface area contributed by atoms with Crippen molar-refractivity contribution in [2.24, 2.45) is 5.73 Å². The molecule has 48 valence electrons. The molecule has 0 aromatic rings. The van der Waals surface area contributed by atoms with E-state index in [1.54, 1.807) is 7.05 Å². The fraction of sp³-hybridized carbons (Fsp3) is 0.500. The second kappa shape index (κ2) is 3.29. The Morgan fingerprint density at radius 2 is 2.38 bits per heavy atom. The number of hydrazine groups is 1. The van der Waals surface area contributed by atoms with Gasteiger partial charge in [0.05, 0.1) is 7.11 Å². The number of hydroxylamine groups is 1. The molecule has 0 radical (unpaired) electrons. The largest absolute Gasteiger partial charge is 0.383 e. The van der Waals surface area contributed by atoms with Crippen molar-refractivity contribution in [2.45, 2.75) is 0 Å². The van der Waals surface area contributed by atoms with Crippen molar-refractivity contribution in [3.05, 3.63) is 12.4 Å². The molecule has 4 nitrogen and oxygen atoms in total. The molecule has 0 aromatic heterocycles. The summed E-state index contributed by atoms with van der Waals surface area (Å²) in [4.78, 5) is 4.66. The smallest absolute Gasteiger partial charge is 0.135 e. The van der Waals surface area contributed by atoms with Crippen molar-refractivity contribution in [3.8, 4) is 0 Å². The molecule has 0 fully saturated rings. The molecule has 0 atom stereocenters. The molecule has 0 aromatic carbocycles. The zero-order chi connectivity index (χ0) is 6.57. The summed E-state index contributed by atoms with van der Waals surface area (Å²) < 4.78 is 0. The summed E-state index contributed by atoms with van der Waals surface area (Å²) in [6.07, 6.45) is 0. The van der Waals surface area contributed by atoms with Gasteiger partial charge in [0.2, 0.25) is 0 Å². The van der Waals surface area contributed by atoms with Gasteiger partial charge in [0.25, 0.3) is 0 Å². The SMILES string of the molecule is C=C(N)N(NC)OC. The van der Waals surface area contributed by atoms with Crippen LogP contribution in [0.15, 0.2) is 12.4 Å². The zero-order valence-electron chi connectivity index (χ0n) is 5.14. The van der Waals surface area contributed by atoms with Crippen LogP contribution in [0.2, 0.25) is 0 Å². The van der Waals surface area contributed by atoms with E-state index in [1.807, 2.05) is 0 Å². The minimum atomic E-state index is 0.329. The predicted octanol–water partition coefficient (Wildman–Crippen LogP) is -0.586. The summed E-state index contributed by atoms with van der Waals surface area (Å²) in [5, 5.41) is 1.25. The van der Waals surface area contributed by atoms with Crippen LogP contribution in [0.5, 0.6) is 0 Å². The maximum absolute atomic E-state index is 5.20. The van der Waals surface area contributed by atoms with E-state index in [1.165, 1.54) is 12.3 Å². The van der Waals surface area contributed by atoms with Crippen molar-refractivity contribution in [1.82, 2.24) is 10.6 Å². The van der Waals surface area contributed by atoms with Gasteiger partial charge in [-0.05, 0) is 0 Å². The van der Waals surface area contributed by atoms with Gasteiger partial charge in [0.15, 0.2) is 0 Å². The molecular formula is C4H11N3O. The minimum Gasteiger partial charge on any atom is -0.383 e. The fourth-order valence-electron chi connectivity index (χ4n) is 0.352. The Labute approximate surface area is 48.8 Å². The molecule has 0 rings (SSSR count). The van der Waals surface area contributed by atoms with Crippen LogP contribution >= 0.6 is 0 Å². The Morgan fingerprint density at radius 3 is 2.38 bits per heavy atom. The van der Waals surface area contributed by atoms with Crippen molar-refractivity contribution < 1.29 is 4.84 Å². The average Bonchev–Trinajstić information content (AvgIpc) is 1.69. The van der Waals surface area contributed by atoms with E-state index in [0.717, 1.165) is 0 Å². The zero-order valence-corrected chi connectivity index (χ0v) is 5.14. The van der Waals surface area contributed by atoms with Gasteiger partial charge in [-0.15, -0.1) is 0 Å². The van der Waals surface area contributed by atoms with Gasteiger partial charge in [-0.3, -0.25) is 4.84 Å². The topological polar surface area (TPSA) is 50.5 Å². The molecule has 0 unspecified atom stereocenters. The molecule has 0 saturated heterocycles. The van der Waals surface area contributed by atoms with Gasteiger partial charge in [-0.25, -0.2) is 5.43 Å². The van der Waals surface area contributed by atoms with Crippen molar-refractivity contribution >= 4 is 0 Å². The number of nitrogens with one attached hydrogen (secondary N) is 1. The molecule has 0 spiro atoms. The van der Waals surface area contributed by atoms with Crippen molar-refractivity contribution in [3.63, 3.8) is 0 Å². The lowest BCUT2D eigenvalue weighted by molar-refractivity contribution is -0.135. The quantitative estimate of drug-likeness (QED) is 0.485. The number of hydrogen-bond donors (Lipinski definition) is 2. The van der Waals surface area contributed by atoms with E-state index >= 15 is 0 Å². The van der Waals surface area contributed by atoms with E-state index in [4.69, 9.17) is 5.73 Å². The van der Waals surface area contributed by atoms with Gasteiger partial charge >= 0.3 is 0 Å². The second-order valence-electron chi connectivity index (χ2n) is 1.19. The molecule has 0 aliphatic heterocycles. The van der Waals surface area contributed by atoms with Gasteiger partial charge in [0.1, 0.15) is 5.82 Å². The third-order valence-electron chi connectivity index (χ3n) is 0.647. The highest BCUT2D eigenvalue weighted by Crippen LogP contribution is 1.84. The Bertz CT molecular complexity index is 79.4. The Hall–Kier alpha value is -0.740. The highest BCUT2D eigenvalue weighted by Gasteiger charge is 1.94. The van der Waals surface area contributed by atoms with Crippen molar-refractivity contribution in [2.75, 3.05) is 14.2 Å². The summed E-state index contributed by atoms with van der Waals surface area (Å²) in [6, 6.07) is 0. The molecule has 0 bridgehead atoms. The van der Waals surface area contributed by atoms with E-state index in [9.17, 15) is 0 Å². The van der Waals surface area contributed by atoms with Gasteiger partial charge in [0, 0.05) is 7.05 Å². The number of nitrogens with zero attached hydrogens (tertiary/aromatic N) is 1. The van der Waals surface area contributed by atoms with Crippen LogP contribution in [0.25, 0.3) is 0 Å². The standard InChI is InChI=1S/C4H11N3O/c1-4(5)7(6-2)8-3/h6H,1,5H2,2-3H3. The molecule has 4 heteroatoms. The molecule has 0 amide bonds. The number of nitrogens with two attached hydrogens (primary N) is 1. The molecule has 0 heterocycles. The van der Waals surface area contributed by atoms with Crippen LogP contribution in [0.4, 0.5) is 0 Å². The second-order valence-corrected chi connectivity index (χ2v) is 1.19. The third-order valence-corrected chi connectivity index (χ3v) is 0.647. The first-order valence-corrected chi connectivity index (χ1v) is 2.18. The Kier molecular flexibility index (Phi) is 2.98. The van der Waals surface area contributed by atoms with Crippen LogP contribution in [0.1, 0.15) is 0 Å². The third kappa shape index (κ3) is 1.81. The van der Waals surface area contributed by atoms with E-state index < -0.39 is 0 Å². The van der Waals surface area contributed by atoms with Crippen LogP contribution in [-0.2, 0) is 4.84 Å². The highest BCUT2D eigenvalue weighted by atomic mass is 16.7. The summed E-state index contributed by atoms with van der Waals surface area (Å²) in [7, 11) is 3.18.